The molecular formula is C10H9F11O4. The Morgan fingerprint density at radius 1 is 0.800 bits per heavy atom. The lowest BCUT2D eigenvalue weighted by atomic mass is 10.2. The zero-order chi connectivity index (χ0) is 20.3. The molecule has 0 rings (SSSR count). The average Bonchev–Trinajstić information content (AvgIpc) is 2.40. The highest BCUT2D eigenvalue weighted by Crippen LogP contribution is 2.51. The Morgan fingerprint density at radius 3 is 1.64 bits per heavy atom. The molecular weight excluding hydrogens is 393 g/mol. The van der Waals surface area contributed by atoms with Crippen LogP contribution in [0.25, 0.3) is 0 Å². The number of ether oxygens (including phenoxy) is 3. The van der Waals surface area contributed by atoms with Gasteiger partial charge in [-0.05, 0) is 6.92 Å². The van der Waals surface area contributed by atoms with Crippen molar-refractivity contribution in [2.24, 2.45) is 0 Å². The second kappa shape index (κ2) is 7.47. The minimum atomic E-state index is -7.24. The predicted octanol–water partition coefficient (Wildman–Crippen LogP) is 3.60. The molecule has 150 valence electrons. The van der Waals surface area contributed by atoms with E-state index >= 15 is 0 Å². The van der Waals surface area contributed by atoms with E-state index in [1.807, 2.05) is 4.74 Å². The monoisotopic (exact) mass is 402 g/mol. The molecule has 0 aromatic carbocycles. The number of carbonyl (C=O) groups is 1. The summed E-state index contributed by atoms with van der Waals surface area (Å²) in [5.41, 5.74) is 0. The van der Waals surface area contributed by atoms with Crippen LogP contribution in [0.5, 0.6) is 0 Å². The molecule has 0 aromatic rings. The van der Waals surface area contributed by atoms with Crippen LogP contribution in [0.1, 0.15) is 6.92 Å². The predicted molar refractivity (Wildman–Crippen MR) is 54.4 cm³/mol. The van der Waals surface area contributed by atoms with E-state index in [1.54, 1.807) is 0 Å². The van der Waals surface area contributed by atoms with Gasteiger partial charge in [0.25, 0.3) is 0 Å². The van der Waals surface area contributed by atoms with Gasteiger partial charge >= 0.3 is 36.2 Å². The number of alkyl halides is 11. The summed E-state index contributed by atoms with van der Waals surface area (Å²) in [6.45, 7) is -0.478. The lowest BCUT2D eigenvalue weighted by Gasteiger charge is -2.33. The molecule has 0 saturated heterocycles. The maximum atomic E-state index is 13.6. The van der Waals surface area contributed by atoms with Gasteiger partial charge in [0.05, 0.1) is 6.61 Å². The van der Waals surface area contributed by atoms with Crippen LogP contribution < -0.4 is 0 Å². The van der Waals surface area contributed by atoms with Crippen LogP contribution in [0.2, 0.25) is 0 Å². The summed E-state index contributed by atoms with van der Waals surface area (Å²) in [6, 6.07) is 0. The van der Waals surface area contributed by atoms with Crippen LogP contribution in [0.4, 0.5) is 48.3 Å². The van der Waals surface area contributed by atoms with Crippen molar-refractivity contribution in [3.05, 3.63) is 0 Å². The van der Waals surface area contributed by atoms with Crippen molar-refractivity contribution in [1.82, 2.24) is 0 Å². The van der Waals surface area contributed by atoms with Crippen molar-refractivity contribution in [3.63, 3.8) is 0 Å². The molecule has 0 fully saturated rings. The minimum absolute atomic E-state index is 0.0516. The number of hydrogen-bond donors (Lipinski definition) is 0. The van der Waals surface area contributed by atoms with Crippen molar-refractivity contribution < 1.29 is 67.3 Å². The largest absolute Gasteiger partial charge is 0.462 e. The Balaban J connectivity index is 5.59. The van der Waals surface area contributed by atoms with Crippen LogP contribution in [-0.4, -0.2) is 56.0 Å². The topological polar surface area (TPSA) is 44.8 Å². The number of rotatable bonds is 8. The van der Waals surface area contributed by atoms with Crippen LogP contribution in [0, 0.1) is 0 Å². The first kappa shape index (κ1) is 23.6. The van der Waals surface area contributed by atoms with E-state index in [4.69, 9.17) is 0 Å². The number of esters is 1. The standard InChI is InChI=1S/C10H9F11O4/c1-2-23-3-4-24-5(22)6(11,8(14,15)16)25-10(20,21)7(12,13)9(17,18)19/h2-4H2,1H3. The van der Waals surface area contributed by atoms with E-state index in [0.29, 0.717) is 0 Å². The Bertz CT molecular complexity index is 459. The zero-order valence-electron chi connectivity index (χ0n) is 11.9. The van der Waals surface area contributed by atoms with Gasteiger partial charge in [0, 0.05) is 6.61 Å². The van der Waals surface area contributed by atoms with E-state index in [9.17, 15) is 53.1 Å². The highest BCUT2D eigenvalue weighted by atomic mass is 19.4. The maximum Gasteiger partial charge on any atom is 0.462 e. The molecule has 0 bridgehead atoms. The van der Waals surface area contributed by atoms with Gasteiger partial charge in [0.1, 0.15) is 6.61 Å². The first-order valence-electron chi connectivity index (χ1n) is 5.97. The average molecular weight is 402 g/mol. The van der Waals surface area contributed by atoms with E-state index in [1.165, 1.54) is 6.92 Å². The Hall–Kier alpha value is -1.38. The van der Waals surface area contributed by atoms with E-state index < -0.39 is 49.4 Å². The van der Waals surface area contributed by atoms with Gasteiger partial charge in [-0.25, -0.2) is 4.79 Å². The quantitative estimate of drug-likeness (QED) is 0.354. The van der Waals surface area contributed by atoms with Crippen LogP contribution in [0.15, 0.2) is 0 Å². The van der Waals surface area contributed by atoms with Gasteiger partial charge < -0.3 is 9.47 Å². The molecule has 0 heterocycles. The van der Waals surface area contributed by atoms with Gasteiger partial charge in [0.2, 0.25) is 0 Å². The van der Waals surface area contributed by atoms with Crippen molar-refractivity contribution in [2.75, 3.05) is 19.8 Å². The molecule has 1 unspecified atom stereocenters. The highest BCUT2D eigenvalue weighted by Gasteiger charge is 2.80. The van der Waals surface area contributed by atoms with E-state index in [2.05, 4.69) is 9.47 Å². The van der Waals surface area contributed by atoms with E-state index in [0.717, 1.165) is 0 Å². The second-order valence-electron chi connectivity index (χ2n) is 4.12. The highest BCUT2D eigenvalue weighted by molar-refractivity contribution is 5.78. The number of hydrogen-bond acceptors (Lipinski definition) is 4. The summed E-state index contributed by atoms with van der Waals surface area (Å²) < 4.78 is 147. The van der Waals surface area contributed by atoms with Gasteiger partial charge in [-0.2, -0.15) is 48.3 Å². The van der Waals surface area contributed by atoms with Gasteiger partial charge in [-0.15, -0.1) is 0 Å². The summed E-state index contributed by atoms with van der Waals surface area (Å²) in [7, 11) is 0. The molecule has 4 nitrogen and oxygen atoms in total. The molecule has 0 aliphatic heterocycles. The van der Waals surface area contributed by atoms with Crippen molar-refractivity contribution in [3.8, 4) is 0 Å². The van der Waals surface area contributed by atoms with Crippen LogP contribution >= 0.6 is 0 Å². The lowest BCUT2D eigenvalue weighted by molar-refractivity contribution is -0.475. The second-order valence-corrected chi connectivity index (χ2v) is 4.12. The normalized spacial score (nSPS) is 16.5. The molecule has 15 heteroatoms. The first-order chi connectivity index (χ1) is 10.9. The van der Waals surface area contributed by atoms with Crippen molar-refractivity contribution in [2.45, 2.75) is 37.2 Å². The zero-order valence-corrected chi connectivity index (χ0v) is 11.9. The van der Waals surface area contributed by atoms with Crippen molar-refractivity contribution in [1.29, 1.82) is 0 Å². The Morgan fingerprint density at radius 2 is 1.28 bits per heavy atom. The van der Waals surface area contributed by atoms with Crippen LogP contribution in [-0.2, 0) is 19.0 Å². The number of carbonyl (C=O) groups excluding carboxylic acids is 1. The number of halogens is 11. The van der Waals surface area contributed by atoms with Gasteiger partial charge in [0.15, 0.2) is 0 Å². The molecule has 1 atom stereocenters. The third-order valence-corrected chi connectivity index (χ3v) is 2.28. The summed E-state index contributed by atoms with van der Waals surface area (Å²) in [5.74, 6) is -16.8. The molecule has 0 N–H and O–H groups in total. The van der Waals surface area contributed by atoms with Crippen LogP contribution in [0.3, 0.4) is 0 Å². The molecule has 0 aliphatic carbocycles. The molecule has 0 radical (unpaired) electrons. The fourth-order valence-corrected chi connectivity index (χ4v) is 1.05. The summed E-state index contributed by atoms with van der Waals surface area (Å²) in [5, 5.41) is 0. The first-order valence-corrected chi connectivity index (χ1v) is 5.97. The Kier molecular flexibility index (Phi) is 7.06. The SMILES string of the molecule is CCOCCOC(=O)C(F)(OC(F)(F)C(F)(F)C(F)(F)F)C(F)(F)F. The van der Waals surface area contributed by atoms with Gasteiger partial charge in [-0.3, -0.25) is 4.74 Å². The van der Waals surface area contributed by atoms with E-state index in [-0.39, 0.29) is 6.61 Å². The molecule has 0 spiro atoms. The molecule has 0 aliphatic rings. The third-order valence-electron chi connectivity index (χ3n) is 2.28. The lowest BCUT2D eigenvalue weighted by Crippen LogP contribution is -2.61. The fourth-order valence-electron chi connectivity index (χ4n) is 1.05. The third kappa shape index (κ3) is 5.05. The molecule has 0 saturated carbocycles. The summed E-state index contributed by atoms with van der Waals surface area (Å²) in [6.07, 6.45) is -21.0. The molecule has 0 aromatic heterocycles. The Labute approximate surface area is 131 Å². The smallest absolute Gasteiger partial charge is 0.459 e. The minimum Gasteiger partial charge on any atom is -0.459 e. The van der Waals surface area contributed by atoms with Crippen molar-refractivity contribution >= 4 is 5.97 Å². The molecule has 25 heavy (non-hydrogen) atoms. The van der Waals surface area contributed by atoms with Gasteiger partial charge in [-0.1, -0.05) is 0 Å². The summed E-state index contributed by atoms with van der Waals surface area (Å²) in [4.78, 5) is 11.0. The summed E-state index contributed by atoms with van der Waals surface area (Å²) >= 11 is 0. The molecule has 0 amide bonds. The fraction of sp³-hybridized carbons (Fsp3) is 0.900. The maximum absolute atomic E-state index is 13.6.